The van der Waals surface area contributed by atoms with Crippen LogP contribution in [0.3, 0.4) is 0 Å². The molecular weight excluding hydrogens is 164 g/mol. The van der Waals surface area contributed by atoms with E-state index in [0.29, 0.717) is 6.04 Å². The fraction of sp³-hybridized carbons (Fsp3) is 0.778. The molecule has 0 saturated carbocycles. The van der Waals surface area contributed by atoms with E-state index in [0.717, 1.165) is 18.8 Å². The van der Waals surface area contributed by atoms with Crippen molar-refractivity contribution < 1.29 is 0 Å². The van der Waals surface area contributed by atoms with E-state index < -0.39 is 0 Å². The second-order valence-corrected chi connectivity index (χ2v) is 3.29. The molecular formula is C9H18N4. The van der Waals surface area contributed by atoms with Gasteiger partial charge in [-0.1, -0.05) is 13.3 Å². The molecule has 0 aliphatic carbocycles. The highest BCUT2D eigenvalue weighted by atomic mass is 15.4. The topological polar surface area (TPSA) is 42.7 Å². The van der Waals surface area contributed by atoms with E-state index in [1.807, 2.05) is 11.7 Å². The number of hydrogen-bond donors (Lipinski definition) is 1. The van der Waals surface area contributed by atoms with Crippen molar-refractivity contribution in [3.05, 3.63) is 12.2 Å². The summed E-state index contributed by atoms with van der Waals surface area (Å²) in [5, 5.41) is 7.30. The van der Waals surface area contributed by atoms with Crippen molar-refractivity contribution >= 4 is 0 Å². The van der Waals surface area contributed by atoms with Crippen LogP contribution >= 0.6 is 0 Å². The summed E-state index contributed by atoms with van der Waals surface area (Å²) in [4.78, 5) is 4.20. The maximum absolute atomic E-state index is 4.22. The number of nitrogens with zero attached hydrogens (tertiary/aromatic N) is 3. The smallest absolute Gasteiger partial charge is 0.141 e. The van der Waals surface area contributed by atoms with Crippen molar-refractivity contribution in [2.24, 2.45) is 0 Å². The van der Waals surface area contributed by atoms with E-state index in [2.05, 4.69) is 29.2 Å². The Bertz CT molecular complexity index is 244. The van der Waals surface area contributed by atoms with Crippen molar-refractivity contribution in [1.29, 1.82) is 0 Å². The van der Waals surface area contributed by atoms with Gasteiger partial charge in [0.25, 0.3) is 0 Å². The third-order valence-corrected chi connectivity index (χ3v) is 2.11. The van der Waals surface area contributed by atoms with Crippen LogP contribution in [0.5, 0.6) is 0 Å². The van der Waals surface area contributed by atoms with E-state index in [-0.39, 0.29) is 0 Å². The molecule has 0 spiro atoms. The number of nitrogens with one attached hydrogen (secondary N) is 1. The van der Waals surface area contributed by atoms with Gasteiger partial charge in [-0.3, -0.25) is 0 Å². The average Bonchev–Trinajstić information content (AvgIpc) is 2.54. The van der Waals surface area contributed by atoms with Crippen molar-refractivity contribution in [1.82, 2.24) is 20.1 Å². The molecule has 0 saturated heterocycles. The van der Waals surface area contributed by atoms with E-state index in [1.54, 1.807) is 6.33 Å². The molecule has 0 bridgehead atoms. The van der Waals surface area contributed by atoms with Crippen LogP contribution in [-0.2, 0) is 6.54 Å². The third-order valence-electron chi connectivity index (χ3n) is 2.11. The molecule has 4 nitrogen and oxygen atoms in total. The van der Waals surface area contributed by atoms with Gasteiger partial charge in [-0.25, -0.2) is 9.67 Å². The number of hydrogen-bond acceptors (Lipinski definition) is 3. The fourth-order valence-corrected chi connectivity index (χ4v) is 1.47. The first kappa shape index (κ1) is 10.2. The Morgan fingerprint density at radius 1 is 1.62 bits per heavy atom. The van der Waals surface area contributed by atoms with Crippen LogP contribution in [0.25, 0.3) is 0 Å². The first-order valence-electron chi connectivity index (χ1n) is 4.82. The summed E-state index contributed by atoms with van der Waals surface area (Å²) in [5.41, 5.74) is 0. The monoisotopic (exact) mass is 182 g/mol. The van der Waals surface area contributed by atoms with Gasteiger partial charge in [0.2, 0.25) is 0 Å². The van der Waals surface area contributed by atoms with Crippen LogP contribution < -0.4 is 5.32 Å². The quantitative estimate of drug-likeness (QED) is 0.747. The molecule has 1 aromatic heterocycles. The zero-order chi connectivity index (χ0) is 9.68. The number of aromatic nitrogens is 3. The minimum Gasteiger partial charge on any atom is -0.313 e. The lowest BCUT2D eigenvalue weighted by atomic mass is 10.2. The Morgan fingerprint density at radius 2 is 2.38 bits per heavy atom. The molecule has 1 N–H and O–H groups in total. The summed E-state index contributed by atoms with van der Waals surface area (Å²) >= 11 is 0. The first-order chi connectivity index (χ1) is 6.29. The lowest BCUT2D eigenvalue weighted by molar-refractivity contribution is 0.432. The van der Waals surface area contributed by atoms with Gasteiger partial charge < -0.3 is 5.32 Å². The van der Waals surface area contributed by atoms with Crippen molar-refractivity contribution in [3.63, 3.8) is 0 Å². The summed E-state index contributed by atoms with van der Waals surface area (Å²) in [5.74, 6) is 1.02. The van der Waals surface area contributed by atoms with Gasteiger partial charge in [0, 0.05) is 0 Å². The second kappa shape index (κ2) is 4.97. The summed E-state index contributed by atoms with van der Waals surface area (Å²) in [6.07, 6.45) is 3.96. The normalized spacial score (nSPS) is 13.2. The highest BCUT2D eigenvalue weighted by Crippen LogP contribution is 2.12. The Labute approximate surface area is 79.4 Å². The third kappa shape index (κ3) is 2.52. The summed E-state index contributed by atoms with van der Waals surface area (Å²) in [6, 6.07) is 0.454. The summed E-state index contributed by atoms with van der Waals surface area (Å²) < 4.78 is 2.00. The van der Waals surface area contributed by atoms with E-state index in [9.17, 15) is 0 Å². The van der Waals surface area contributed by atoms with E-state index in [4.69, 9.17) is 0 Å². The lowest BCUT2D eigenvalue weighted by Crippen LogP contribution is -2.16. The maximum Gasteiger partial charge on any atom is 0.141 e. The molecule has 74 valence electrons. The molecule has 1 atom stereocenters. The maximum atomic E-state index is 4.22. The minimum absolute atomic E-state index is 0.454. The molecule has 0 radical (unpaired) electrons. The van der Waals surface area contributed by atoms with Gasteiger partial charge in [-0.15, -0.1) is 0 Å². The second-order valence-electron chi connectivity index (χ2n) is 3.29. The molecule has 1 unspecified atom stereocenters. The Hall–Kier alpha value is -0.900. The fourth-order valence-electron chi connectivity index (χ4n) is 1.47. The number of rotatable bonds is 5. The summed E-state index contributed by atoms with van der Waals surface area (Å²) in [6.45, 7) is 5.15. The molecule has 0 amide bonds. The zero-order valence-corrected chi connectivity index (χ0v) is 8.62. The zero-order valence-electron chi connectivity index (χ0n) is 8.62. The average molecular weight is 182 g/mol. The first-order valence-corrected chi connectivity index (χ1v) is 4.82. The molecule has 0 fully saturated rings. The van der Waals surface area contributed by atoms with Gasteiger partial charge in [0.15, 0.2) is 0 Å². The molecule has 1 heterocycles. The molecule has 4 heteroatoms. The predicted molar refractivity (Wildman–Crippen MR) is 52.4 cm³/mol. The predicted octanol–water partition coefficient (Wildman–Crippen LogP) is 1.36. The van der Waals surface area contributed by atoms with Crippen LogP contribution in [0.4, 0.5) is 0 Å². The van der Waals surface area contributed by atoms with Crippen LogP contribution in [0.1, 0.15) is 38.6 Å². The Kier molecular flexibility index (Phi) is 3.89. The van der Waals surface area contributed by atoms with Crippen LogP contribution in [0, 0.1) is 0 Å². The highest BCUT2D eigenvalue weighted by Gasteiger charge is 2.09. The van der Waals surface area contributed by atoms with E-state index >= 15 is 0 Å². The molecule has 13 heavy (non-hydrogen) atoms. The summed E-state index contributed by atoms with van der Waals surface area (Å²) in [7, 11) is 1.92. The van der Waals surface area contributed by atoms with E-state index in [1.165, 1.54) is 6.42 Å². The molecule has 1 rings (SSSR count). The largest absolute Gasteiger partial charge is 0.313 e. The molecule has 0 aromatic carbocycles. The van der Waals surface area contributed by atoms with Crippen LogP contribution in [0.15, 0.2) is 6.33 Å². The lowest BCUT2D eigenvalue weighted by Gasteiger charge is -2.12. The van der Waals surface area contributed by atoms with Gasteiger partial charge in [-0.2, -0.15) is 5.10 Å². The standard InChI is InChI=1S/C9H18N4/c1-4-5-8(2)13-9(6-10-3)11-7-12-13/h7-8,10H,4-6H2,1-3H3. The molecule has 1 aromatic rings. The van der Waals surface area contributed by atoms with Crippen LogP contribution in [0.2, 0.25) is 0 Å². The van der Waals surface area contributed by atoms with Crippen molar-refractivity contribution in [2.45, 2.75) is 39.3 Å². The van der Waals surface area contributed by atoms with Gasteiger partial charge in [0.05, 0.1) is 12.6 Å². The highest BCUT2D eigenvalue weighted by molar-refractivity contribution is 4.85. The van der Waals surface area contributed by atoms with Crippen molar-refractivity contribution in [2.75, 3.05) is 7.05 Å². The minimum atomic E-state index is 0.454. The van der Waals surface area contributed by atoms with Gasteiger partial charge in [0.1, 0.15) is 12.2 Å². The SMILES string of the molecule is CCCC(C)n1ncnc1CNC. The molecule has 0 aliphatic rings. The van der Waals surface area contributed by atoms with Crippen LogP contribution in [-0.4, -0.2) is 21.8 Å². The van der Waals surface area contributed by atoms with Gasteiger partial charge in [-0.05, 0) is 20.4 Å². The molecule has 0 aliphatic heterocycles. The Balaban J connectivity index is 2.68. The van der Waals surface area contributed by atoms with Gasteiger partial charge >= 0.3 is 0 Å². The van der Waals surface area contributed by atoms with Crippen molar-refractivity contribution in [3.8, 4) is 0 Å². The Morgan fingerprint density at radius 3 is 3.00 bits per heavy atom.